The molecule has 1 heterocycles. The molecular weight excluding hydrogens is 226 g/mol. The second kappa shape index (κ2) is 6.52. The standard InChI is InChI=1S/C14H21N3O/c1-2-8-16-9-11-17(12-10-16)15-14(18)13-6-4-3-5-7-13/h3-7H,2,8-12H2,1H3,(H,15,18). The van der Waals surface area contributed by atoms with Crippen molar-refractivity contribution in [2.45, 2.75) is 13.3 Å². The van der Waals surface area contributed by atoms with E-state index in [0.717, 1.165) is 32.7 Å². The van der Waals surface area contributed by atoms with Gasteiger partial charge in [0.05, 0.1) is 0 Å². The van der Waals surface area contributed by atoms with Gasteiger partial charge in [0.2, 0.25) is 0 Å². The minimum Gasteiger partial charge on any atom is -0.301 e. The Bertz CT molecular complexity index is 372. The molecule has 0 unspecified atom stereocenters. The Labute approximate surface area is 109 Å². The number of hydrazine groups is 1. The molecular formula is C14H21N3O. The summed E-state index contributed by atoms with van der Waals surface area (Å²) in [6.07, 6.45) is 1.19. The molecule has 1 aromatic rings. The first-order valence-electron chi connectivity index (χ1n) is 6.63. The van der Waals surface area contributed by atoms with Gasteiger partial charge < -0.3 is 4.90 Å². The normalized spacial score (nSPS) is 17.6. The molecule has 0 saturated carbocycles. The van der Waals surface area contributed by atoms with Gasteiger partial charge in [-0.1, -0.05) is 25.1 Å². The van der Waals surface area contributed by atoms with Crippen LogP contribution in [0.2, 0.25) is 0 Å². The quantitative estimate of drug-likeness (QED) is 0.872. The van der Waals surface area contributed by atoms with E-state index >= 15 is 0 Å². The lowest BCUT2D eigenvalue weighted by Crippen LogP contribution is -2.53. The van der Waals surface area contributed by atoms with Crippen molar-refractivity contribution in [3.05, 3.63) is 35.9 Å². The van der Waals surface area contributed by atoms with Crippen LogP contribution in [0.4, 0.5) is 0 Å². The number of carbonyl (C=O) groups is 1. The number of nitrogens with zero attached hydrogens (tertiary/aromatic N) is 2. The van der Waals surface area contributed by atoms with Crippen LogP contribution in [0.15, 0.2) is 30.3 Å². The monoisotopic (exact) mass is 247 g/mol. The molecule has 18 heavy (non-hydrogen) atoms. The number of amides is 1. The highest BCUT2D eigenvalue weighted by Gasteiger charge is 2.17. The van der Waals surface area contributed by atoms with Gasteiger partial charge in [-0.25, -0.2) is 5.01 Å². The SMILES string of the molecule is CCCN1CCN(NC(=O)c2ccccc2)CC1. The maximum Gasteiger partial charge on any atom is 0.265 e. The highest BCUT2D eigenvalue weighted by Crippen LogP contribution is 2.02. The first-order valence-corrected chi connectivity index (χ1v) is 6.63. The molecule has 0 aromatic heterocycles. The average Bonchev–Trinajstić information content (AvgIpc) is 2.42. The summed E-state index contributed by atoms with van der Waals surface area (Å²) < 4.78 is 0. The van der Waals surface area contributed by atoms with Gasteiger partial charge in [-0.15, -0.1) is 0 Å². The van der Waals surface area contributed by atoms with Crippen LogP contribution >= 0.6 is 0 Å². The number of nitrogens with one attached hydrogen (secondary N) is 1. The Kier molecular flexibility index (Phi) is 4.73. The van der Waals surface area contributed by atoms with Crippen molar-refractivity contribution in [3.8, 4) is 0 Å². The number of benzene rings is 1. The molecule has 1 aliphatic rings. The van der Waals surface area contributed by atoms with Crippen LogP contribution in [0, 0.1) is 0 Å². The van der Waals surface area contributed by atoms with Gasteiger partial charge in [0.25, 0.3) is 5.91 Å². The van der Waals surface area contributed by atoms with E-state index < -0.39 is 0 Å². The van der Waals surface area contributed by atoms with Crippen molar-refractivity contribution in [1.29, 1.82) is 0 Å². The van der Waals surface area contributed by atoms with Crippen molar-refractivity contribution in [2.24, 2.45) is 0 Å². The van der Waals surface area contributed by atoms with Crippen LogP contribution in [0.5, 0.6) is 0 Å². The van der Waals surface area contributed by atoms with E-state index in [2.05, 4.69) is 17.2 Å². The molecule has 0 spiro atoms. The third kappa shape index (κ3) is 3.55. The van der Waals surface area contributed by atoms with Gasteiger partial charge in [-0.05, 0) is 25.1 Å². The highest BCUT2D eigenvalue weighted by atomic mass is 16.2. The molecule has 1 amide bonds. The maximum absolute atomic E-state index is 12.0. The van der Waals surface area contributed by atoms with Crippen molar-refractivity contribution >= 4 is 5.91 Å². The van der Waals surface area contributed by atoms with Crippen LogP contribution in [0.1, 0.15) is 23.7 Å². The second-order valence-electron chi connectivity index (χ2n) is 4.64. The van der Waals surface area contributed by atoms with Crippen LogP contribution < -0.4 is 5.43 Å². The third-order valence-electron chi connectivity index (χ3n) is 3.21. The van der Waals surface area contributed by atoms with Crippen LogP contribution in [0.25, 0.3) is 0 Å². The minimum atomic E-state index is -0.0143. The summed E-state index contributed by atoms with van der Waals surface area (Å²) in [6.45, 7) is 7.22. The first kappa shape index (κ1) is 13.1. The van der Waals surface area contributed by atoms with E-state index in [-0.39, 0.29) is 5.91 Å². The maximum atomic E-state index is 12.0. The summed E-state index contributed by atoms with van der Waals surface area (Å²) in [5.41, 5.74) is 3.68. The largest absolute Gasteiger partial charge is 0.301 e. The Morgan fingerprint density at radius 1 is 1.17 bits per heavy atom. The van der Waals surface area contributed by atoms with E-state index in [0.29, 0.717) is 5.56 Å². The van der Waals surface area contributed by atoms with Gasteiger partial charge in [0.15, 0.2) is 0 Å². The predicted octanol–water partition coefficient (Wildman–Crippen LogP) is 1.36. The summed E-state index contributed by atoms with van der Waals surface area (Å²) in [6, 6.07) is 9.35. The number of hydrogen-bond donors (Lipinski definition) is 1. The summed E-state index contributed by atoms with van der Waals surface area (Å²) >= 11 is 0. The lowest BCUT2D eigenvalue weighted by Gasteiger charge is -2.34. The topological polar surface area (TPSA) is 35.6 Å². The number of piperazine rings is 1. The molecule has 0 atom stereocenters. The fraction of sp³-hybridized carbons (Fsp3) is 0.500. The van der Waals surface area contributed by atoms with Gasteiger partial charge in [0.1, 0.15) is 0 Å². The first-order chi connectivity index (χ1) is 8.79. The lowest BCUT2D eigenvalue weighted by atomic mass is 10.2. The fourth-order valence-electron chi connectivity index (χ4n) is 2.20. The molecule has 0 aliphatic carbocycles. The van der Waals surface area contributed by atoms with Crippen LogP contribution in [0.3, 0.4) is 0 Å². The van der Waals surface area contributed by atoms with E-state index in [9.17, 15) is 4.79 Å². The zero-order valence-corrected chi connectivity index (χ0v) is 10.9. The lowest BCUT2D eigenvalue weighted by molar-refractivity contribution is 0.0620. The molecule has 1 saturated heterocycles. The summed E-state index contributed by atoms with van der Waals surface area (Å²) in [5, 5.41) is 2.02. The van der Waals surface area contributed by atoms with E-state index in [1.165, 1.54) is 6.42 Å². The molecule has 1 fully saturated rings. The third-order valence-corrected chi connectivity index (χ3v) is 3.21. The highest BCUT2D eigenvalue weighted by molar-refractivity contribution is 5.93. The molecule has 1 aliphatic heterocycles. The molecule has 4 nitrogen and oxygen atoms in total. The minimum absolute atomic E-state index is 0.0143. The van der Waals surface area contributed by atoms with Gasteiger partial charge in [-0.2, -0.15) is 0 Å². The van der Waals surface area contributed by atoms with Crippen molar-refractivity contribution in [2.75, 3.05) is 32.7 Å². The number of rotatable bonds is 4. The van der Waals surface area contributed by atoms with Gasteiger partial charge in [-0.3, -0.25) is 10.2 Å². The second-order valence-corrected chi connectivity index (χ2v) is 4.64. The zero-order chi connectivity index (χ0) is 12.8. The predicted molar refractivity (Wildman–Crippen MR) is 72.2 cm³/mol. The van der Waals surface area contributed by atoms with E-state index in [4.69, 9.17) is 0 Å². The van der Waals surface area contributed by atoms with Gasteiger partial charge in [0, 0.05) is 31.7 Å². The van der Waals surface area contributed by atoms with Gasteiger partial charge >= 0.3 is 0 Å². The van der Waals surface area contributed by atoms with Crippen molar-refractivity contribution in [3.63, 3.8) is 0 Å². The number of carbonyl (C=O) groups excluding carboxylic acids is 1. The van der Waals surface area contributed by atoms with Crippen LogP contribution in [-0.4, -0.2) is 48.5 Å². The molecule has 1 aromatic carbocycles. The van der Waals surface area contributed by atoms with Crippen LogP contribution in [-0.2, 0) is 0 Å². The summed E-state index contributed by atoms with van der Waals surface area (Å²) in [5.74, 6) is -0.0143. The molecule has 1 N–H and O–H groups in total. The number of hydrogen-bond acceptors (Lipinski definition) is 3. The fourth-order valence-corrected chi connectivity index (χ4v) is 2.20. The Morgan fingerprint density at radius 2 is 1.83 bits per heavy atom. The van der Waals surface area contributed by atoms with E-state index in [1.807, 2.05) is 35.3 Å². The Hall–Kier alpha value is -1.39. The summed E-state index contributed by atoms with van der Waals surface area (Å²) in [4.78, 5) is 14.4. The Balaban J connectivity index is 1.80. The molecule has 0 radical (unpaired) electrons. The van der Waals surface area contributed by atoms with E-state index in [1.54, 1.807) is 0 Å². The zero-order valence-electron chi connectivity index (χ0n) is 10.9. The smallest absolute Gasteiger partial charge is 0.265 e. The van der Waals surface area contributed by atoms with Crippen molar-refractivity contribution in [1.82, 2.24) is 15.3 Å². The molecule has 98 valence electrons. The Morgan fingerprint density at radius 3 is 2.44 bits per heavy atom. The van der Waals surface area contributed by atoms with Crippen molar-refractivity contribution < 1.29 is 4.79 Å². The molecule has 4 heteroatoms. The molecule has 0 bridgehead atoms. The average molecular weight is 247 g/mol. The summed E-state index contributed by atoms with van der Waals surface area (Å²) in [7, 11) is 0. The molecule has 2 rings (SSSR count).